The number of carbonyl (C=O) groups excluding carboxylic acids is 2. The van der Waals surface area contributed by atoms with E-state index in [1.54, 1.807) is 53.4 Å². The van der Waals surface area contributed by atoms with E-state index in [0.29, 0.717) is 47.4 Å². The van der Waals surface area contributed by atoms with Crippen LogP contribution >= 0.6 is 11.6 Å². The average Bonchev–Trinajstić information content (AvgIpc) is 3.11. The SMILES string of the molecule is NCC1CCN(C(=O)c2ccccc2NC(=O)c2ccc(Cl)cc2)C1. The molecule has 3 N–H and O–H groups in total. The lowest BCUT2D eigenvalue weighted by Gasteiger charge is -2.18. The van der Waals surface area contributed by atoms with E-state index >= 15 is 0 Å². The molecular weight excluding hydrogens is 338 g/mol. The summed E-state index contributed by atoms with van der Waals surface area (Å²) in [6.07, 6.45) is 0.918. The van der Waals surface area contributed by atoms with Crippen molar-refractivity contribution in [2.75, 3.05) is 25.0 Å². The van der Waals surface area contributed by atoms with Crippen LogP contribution in [-0.4, -0.2) is 36.3 Å². The minimum absolute atomic E-state index is 0.0806. The molecule has 25 heavy (non-hydrogen) atoms. The number of amides is 2. The molecule has 0 spiro atoms. The lowest BCUT2D eigenvalue weighted by Crippen LogP contribution is -2.30. The Bertz CT molecular complexity index is 776. The molecule has 1 unspecified atom stereocenters. The Hall–Kier alpha value is -2.37. The van der Waals surface area contributed by atoms with Crippen molar-refractivity contribution in [1.82, 2.24) is 4.90 Å². The first-order chi connectivity index (χ1) is 12.1. The Morgan fingerprint density at radius 2 is 1.88 bits per heavy atom. The molecule has 1 aliphatic heterocycles. The minimum atomic E-state index is -0.279. The highest BCUT2D eigenvalue weighted by Gasteiger charge is 2.27. The smallest absolute Gasteiger partial charge is 0.255 e. The van der Waals surface area contributed by atoms with Crippen LogP contribution in [0.1, 0.15) is 27.1 Å². The van der Waals surface area contributed by atoms with Crippen molar-refractivity contribution in [2.45, 2.75) is 6.42 Å². The zero-order valence-corrected chi connectivity index (χ0v) is 14.5. The molecular formula is C19H20ClN3O2. The maximum atomic E-state index is 12.8. The van der Waals surface area contributed by atoms with E-state index in [1.165, 1.54) is 0 Å². The zero-order chi connectivity index (χ0) is 17.8. The van der Waals surface area contributed by atoms with Gasteiger partial charge in [-0.15, -0.1) is 0 Å². The first-order valence-corrected chi connectivity index (χ1v) is 8.61. The number of nitrogens with zero attached hydrogens (tertiary/aromatic N) is 1. The van der Waals surface area contributed by atoms with Crippen LogP contribution in [0.2, 0.25) is 5.02 Å². The van der Waals surface area contributed by atoms with Gasteiger partial charge < -0.3 is 16.0 Å². The Morgan fingerprint density at radius 3 is 2.56 bits per heavy atom. The summed E-state index contributed by atoms with van der Waals surface area (Å²) in [5.41, 5.74) is 7.18. The van der Waals surface area contributed by atoms with Gasteiger partial charge in [-0.25, -0.2) is 0 Å². The van der Waals surface area contributed by atoms with Crippen molar-refractivity contribution in [3.63, 3.8) is 0 Å². The minimum Gasteiger partial charge on any atom is -0.338 e. The maximum Gasteiger partial charge on any atom is 0.255 e. The molecule has 1 heterocycles. The monoisotopic (exact) mass is 357 g/mol. The van der Waals surface area contributed by atoms with Gasteiger partial charge in [0.25, 0.3) is 11.8 Å². The molecule has 1 fully saturated rings. The molecule has 5 nitrogen and oxygen atoms in total. The highest BCUT2D eigenvalue weighted by molar-refractivity contribution is 6.30. The van der Waals surface area contributed by atoms with Crippen molar-refractivity contribution in [1.29, 1.82) is 0 Å². The van der Waals surface area contributed by atoms with E-state index in [0.717, 1.165) is 6.42 Å². The highest BCUT2D eigenvalue weighted by Crippen LogP contribution is 2.23. The molecule has 0 bridgehead atoms. The highest BCUT2D eigenvalue weighted by atomic mass is 35.5. The van der Waals surface area contributed by atoms with Crippen LogP contribution in [0.5, 0.6) is 0 Å². The van der Waals surface area contributed by atoms with Gasteiger partial charge in [-0.05, 0) is 55.3 Å². The Labute approximate surface area is 151 Å². The molecule has 0 radical (unpaired) electrons. The van der Waals surface area contributed by atoms with Crippen LogP contribution in [-0.2, 0) is 0 Å². The number of para-hydroxylation sites is 1. The second-order valence-electron chi connectivity index (χ2n) is 6.15. The van der Waals surface area contributed by atoms with E-state index in [4.69, 9.17) is 17.3 Å². The van der Waals surface area contributed by atoms with Crippen molar-refractivity contribution in [3.8, 4) is 0 Å². The Kier molecular flexibility index (Phi) is 5.36. The molecule has 2 amide bonds. The molecule has 1 aliphatic rings. The van der Waals surface area contributed by atoms with Gasteiger partial charge in [-0.2, -0.15) is 0 Å². The van der Waals surface area contributed by atoms with E-state index in [-0.39, 0.29) is 11.8 Å². The van der Waals surface area contributed by atoms with Crippen LogP contribution in [0.25, 0.3) is 0 Å². The summed E-state index contributed by atoms with van der Waals surface area (Å²) < 4.78 is 0. The number of likely N-dealkylation sites (tertiary alicyclic amines) is 1. The fourth-order valence-electron chi connectivity index (χ4n) is 2.95. The number of nitrogens with one attached hydrogen (secondary N) is 1. The quantitative estimate of drug-likeness (QED) is 0.883. The fraction of sp³-hybridized carbons (Fsp3) is 0.263. The third-order valence-electron chi connectivity index (χ3n) is 4.42. The van der Waals surface area contributed by atoms with Gasteiger partial charge in [0.05, 0.1) is 11.3 Å². The summed E-state index contributed by atoms with van der Waals surface area (Å²) in [5.74, 6) is -0.0131. The number of benzene rings is 2. The lowest BCUT2D eigenvalue weighted by atomic mass is 10.1. The van der Waals surface area contributed by atoms with E-state index in [2.05, 4.69) is 5.32 Å². The zero-order valence-electron chi connectivity index (χ0n) is 13.7. The molecule has 0 aromatic heterocycles. The summed E-state index contributed by atoms with van der Waals surface area (Å²) in [6, 6.07) is 13.7. The summed E-state index contributed by atoms with van der Waals surface area (Å²) >= 11 is 5.85. The van der Waals surface area contributed by atoms with Gasteiger partial charge in [0.1, 0.15) is 0 Å². The number of hydrogen-bond donors (Lipinski definition) is 2. The van der Waals surface area contributed by atoms with Crippen molar-refractivity contribution in [3.05, 3.63) is 64.7 Å². The van der Waals surface area contributed by atoms with Gasteiger partial charge in [-0.3, -0.25) is 9.59 Å². The van der Waals surface area contributed by atoms with Gasteiger partial charge in [0, 0.05) is 23.7 Å². The third kappa shape index (κ3) is 4.00. The maximum absolute atomic E-state index is 12.8. The second-order valence-corrected chi connectivity index (χ2v) is 6.58. The van der Waals surface area contributed by atoms with Crippen LogP contribution in [0, 0.1) is 5.92 Å². The predicted octanol–water partition coefficient (Wildman–Crippen LogP) is 3.01. The van der Waals surface area contributed by atoms with E-state index in [9.17, 15) is 9.59 Å². The van der Waals surface area contributed by atoms with Crippen LogP contribution in [0.3, 0.4) is 0 Å². The second kappa shape index (κ2) is 7.68. The van der Waals surface area contributed by atoms with Crippen LogP contribution in [0.15, 0.2) is 48.5 Å². The van der Waals surface area contributed by atoms with Gasteiger partial charge in [-0.1, -0.05) is 23.7 Å². The standard InChI is InChI=1S/C19H20ClN3O2/c20-15-7-5-14(6-8-15)18(24)22-17-4-2-1-3-16(17)19(25)23-10-9-13(11-21)12-23/h1-8,13H,9-12,21H2,(H,22,24). The number of halogens is 1. The number of nitrogens with two attached hydrogens (primary N) is 1. The largest absolute Gasteiger partial charge is 0.338 e. The van der Waals surface area contributed by atoms with E-state index < -0.39 is 0 Å². The van der Waals surface area contributed by atoms with Gasteiger partial charge in [0.15, 0.2) is 0 Å². The number of rotatable bonds is 4. The number of hydrogen-bond acceptors (Lipinski definition) is 3. The van der Waals surface area contributed by atoms with Crippen molar-refractivity contribution in [2.24, 2.45) is 11.7 Å². The average molecular weight is 358 g/mol. The number of carbonyl (C=O) groups is 2. The fourth-order valence-corrected chi connectivity index (χ4v) is 3.08. The first kappa shape index (κ1) is 17.5. The first-order valence-electron chi connectivity index (χ1n) is 8.24. The Balaban J connectivity index is 1.78. The molecule has 2 aromatic rings. The van der Waals surface area contributed by atoms with Crippen LogP contribution < -0.4 is 11.1 Å². The summed E-state index contributed by atoms with van der Waals surface area (Å²) in [7, 11) is 0. The molecule has 3 rings (SSSR count). The molecule has 130 valence electrons. The topological polar surface area (TPSA) is 75.4 Å². The van der Waals surface area contributed by atoms with Crippen molar-refractivity contribution >= 4 is 29.1 Å². The lowest BCUT2D eigenvalue weighted by molar-refractivity contribution is 0.0788. The molecule has 0 saturated carbocycles. The van der Waals surface area contributed by atoms with E-state index in [1.807, 2.05) is 0 Å². The number of anilines is 1. The molecule has 0 aliphatic carbocycles. The Morgan fingerprint density at radius 1 is 1.16 bits per heavy atom. The summed E-state index contributed by atoms with van der Waals surface area (Å²) in [6.45, 7) is 1.94. The summed E-state index contributed by atoms with van der Waals surface area (Å²) in [4.78, 5) is 27.0. The third-order valence-corrected chi connectivity index (χ3v) is 4.67. The van der Waals surface area contributed by atoms with Crippen LogP contribution in [0.4, 0.5) is 5.69 Å². The van der Waals surface area contributed by atoms with Gasteiger partial charge >= 0.3 is 0 Å². The molecule has 1 saturated heterocycles. The molecule has 1 atom stereocenters. The molecule has 2 aromatic carbocycles. The summed E-state index contributed by atoms with van der Waals surface area (Å²) in [5, 5.41) is 3.39. The molecule has 6 heteroatoms. The normalized spacial score (nSPS) is 16.7. The predicted molar refractivity (Wildman–Crippen MR) is 98.9 cm³/mol. The van der Waals surface area contributed by atoms with Crippen molar-refractivity contribution < 1.29 is 9.59 Å². The van der Waals surface area contributed by atoms with Gasteiger partial charge in [0.2, 0.25) is 0 Å².